The van der Waals surface area contributed by atoms with Crippen molar-refractivity contribution in [2.75, 3.05) is 27.4 Å². The summed E-state index contributed by atoms with van der Waals surface area (Å²) >= 11 is 0. The largest absolute Gasteiger partial charge is 0.493 e. The molecule has 0 aliphatic carbocycles. The van der Waals surface area contributed by atoms with Crippen LogP contribution < -0.4 is 14.8 Å². The Bertz CT molecular complexity index is 644. The van der Waals surface area contributed by atoms with Crippen LogP contribution in [0.3, 0.4) is 0 Å². The lowest BCUT2D eigenvalue weighted by Crippen LogP contribution is -2.25. The molecule has 132 valence electrons. The van der Waals surface area contributed by atoms with E-state index in [1.165, 1.54) is 0 Å². The zero-order valence-electron chi connectivity index (χ0n) is 13.8. The van der Waals surface area contributed by atoms with Gasteiger partial charge in [0.25, 0.3) is 0 Å². The van der Waals surface area contributed by atoms with Gasteiger partial charge in [-0.25, -0.2) is 0 Å². The van der Waals surface area contributed by atoms with Crippen molar-refractivity contribution in [1.82, 2.24) is 15.5 Å². The third-order valence-electron chi connectivity index (χ3n) is 3.78. The van der Waals surface area contributed by atoms with Crippen molar-refractivity contribution in [2.45, 2.75) is 25.5 Å². The van der Waals surface area contributed by atoms with Crippen LogP contribution in [0, 0.1) is 0 Å². The summed E-state index contributed by atoms with van der Waals surface area (Å²) in [5.74, 6) is 2.37. The molecule has 0 spiro atoms. The van der Waals surface area contributed by atoms with E-state index in [2.05, 4.69) is 15.5 Å². The SMILES string of the molecule is COc1ccc(-c2noc(CNCC3CCCO3)n2)cc1OC.Cl. The van der Waals surface area contributed by atoms with Gasteiger partial charge in [0.15, 0.2) is 11.5 Å². The van der Waals surface area contributed by atoms with Gasteiger partial charge >= 0.3 is 0 Å². The molecule has 7 nitrogen and oxygen atoms in total. The molecule has 1 saturated heterocycles. The molecule has 1 aromatic heterocycles. The van der Waals surface area contributed by atoms with Gasteiger partial charge < -0.3 is 24.1 Å². The molecule has 24 heavy (non-hydrogen) atoms. The average Bonchev–Trinajstić information content (AvgIpc) is 3.26. The third-order valence-corrected chi connectivity index (χ3v) is 3.78. The number of methoxy groups -OCH3 is 2. The highest BCUT2D eigenvalue weighted by atomic mass is 35.5. The van der Waals surface area contributed by atoms with Crippen LogP contribution in [0.5, 0.6) is 11.5 Å². The van der Waals surface area contributed by atoms with Crippen LogP contribution in [-0.4, -0.2) is 43.6 Å². The van der Waals surface area contributed by atoms with Gasteiger partial charge in [-0.15, -0.1) is 12.4 Å². The van der Waals surface area contributed by atoms with E-state index >= 15 is 0 Å². The van der Waals surface area contributed by atoms with Gasteiger partial charge in [-0.3, -0.25) is 0 Å². The molecule has 3 rings (SSSR count). The number of halogens is 1. The van der Waals surface area contributed by atoms with Crippen molar-refractivity contribution in [2.24, 2.45) is 0 Å². The highest BCUT2D eigenvalue weighted by molar-refractivity contribution is 5.85. The Morgan fingerprint density at radius 2 is 2.08 bits per heavy atom. The maximum atomic E-state index is 5.56. The summed E-state index contributed by atoms with van der Waals surface area (Å²) in [6, 6.07) is 5.52. The summed E-state index contributed by atoms with van der Waals surface area (Å²) < 4.78 is 21.3. The fourth-order valence-electron chi connectivity index (χ4n) is 2.56. The predicted molar refractivity (Wildman–Crippen MR) is 90.8 cm³/mol. The first kappa shape index (κ1) is 18.5. The Hall–Kier alpha value is -1.83. The first-order valence-electron chi connectivity index (χ1n) is 7.67. The van der Waals surface area contributed by atoms with Crippen LogP contribution in [-0.2, 0) is 11.3 Å². The minimum atomic E-state index is 0. The number of aromatic nitrogens is 2. The van der Waals surface area contributed by atoms with E-state index in [1.807, 2.05) is 18.2 Å². The summed E-state index contributed by atoms with van der Waals surface area (Å²) in [5.41, 5.74) is 0.816. The molecule has 0 saturated carbocycles. The number of hydrogen-bond acceptors (Lipinski definition) is 7. The smallest absolute Gasteiger partial charge is 0.240 e. The van der Waals surface area contributed by atoms with Crippen LogP contribution in [0.15, 0.2) is 22.7 Å². The van der Waals surface area contributed by atoms with Crippen LogP contribution in [0.2, 0.25) is 0 Å². The second-order valence-electron chi connectivity index (χ2n) is 5.35. The maximum Gasteiger partial charge on any atom is 0.240 e. The van der Waals surface area contributed by atoms with Crippen LogP contribution in [0.25, 0.3) is 11.4 Å². The quantitative estimate of drug-likeness (QED) is 0.817. The molecule has 2 aromatic rings. The number of ether oxygens (including phenoxy) is 3. The summed E-state index contributed by atoms with van der Waals surface area (Å²) in [4.78, 5) is 4.40. The zero-order chi connectivity index (χ0) is 16.1. The van der Waals surface area contributed by atoms with Crippen molar-refractivity contribution in [3.63, 3.8) is 0 Å². The molecule has 1 aliphatic rings. The Balaban J connectivity index is 0.00000208. The second kappa shape index (κ2) is 8.86. The molecule has 2 heterocycles. The monoisotopic (exact) mass is 355 g/mol. The summed E-state index contributed by atoms with van der Waals surface area (Å²) in [5, 5.41) is 7.30. The summed E-state index contributed by atoms with van der Waals surface area (Å²) in [6.07, 6.45) is 2.53. The van der Waals surface area contributed by atoms with Gasteiger partial charge in [0.2, 0.25) is 11.7 Å². The molecular formula is C16H22ClN3O4. The molecule has 0 amide bonds. The van der Waals surface area contributed by atoms with Gasteiger partial charge in [0.05, 0.1) is 26.9 Å². The van der Waals surface area contributed by atoms with Crippen molar-refractivity contribution >= 4 is 12.4 Å². The summed E-state index contributed by atoms with van der Waals surface area (Å²) in [7, 11) is 3.20. The van der Waals surface area contributed by atoms with E-state index in [-0.39, 0.29) is 12.4 Å². The molecule has 1 fully saturated rings. The normalized spacial score (nSPS) is 16.7. The lowest BCUT2D eigenvalue weighted by atomic mass is 10.2. The fraction of sp³-hybridized carbons (Fsp3) is 0.500. The minimum Gasteiger partial charge on any atom is -0.493 e. The Morgan fingerprint density at radius 1 is 1.25 bits per heavy atom. The predicted octanol–water partition coefficient (Wildman–Crippen LogP) is 2.44. The van der Waals surface area contributed by atoms with Gasteiger partial charge in [-0.05, 0) is 31.0 Å². The first-order valence-corrected chi connectivity index (χ1v) is 7.67. The Kier molecular flexibility index (Phi) is 6.84. The lowest BCUT2D eigenvalue weighted by Gasteiger charge is -2.08. The zero-order valence-corrected chi connectivity index (χ0v) is 14.6. The van der Waals surface area contributed by atoms with Crippen molar-refractivity contribution < 1.29 is 18.7 Å². The average molecular weight is 356 g/mol. The van der Waals surface area contributed by atoms with Crippen molar-refractivity contribution in [1.29, 1.82) is 0 Å². The topological polar surface area (TPSA) is 78.6 Å². The first-order chi connectivity index (χ1) is 11.3. The van der Waals surface area contributed by atoms with Gasteiger partial charge in [-0.1, -0.05) is 5.16 Å². The molecule has 1 unspecified atom stereocenters. The second-order valence-corrected chi connectivity index (χ2v) is 5.35. The fourth-order valence-corrected chi connectivity index (χ4v) is 2.56. The van der Waals surface area contributed by atoms with Crippen molar-refractivity contribution in [3.8, 4) is 22.9 Å². The van der Waals surface area contributed by atoms with Crippen LogP contribution in [0.1, 0.15) is 18.7 Å². The Morgan fingerprint density at radius 3 is 2.79 bits per heavy atom. The van der Waals surface area contributed by atoms with E-state index < -0.39 is 0 Å². The number of rotatable bonds is 7. The van der Waals surface area contributed by atoms with E-state index in [1.54, 1.807) is 14.2 Å². The molecule has 0 bridgehead atoms. The molecule has 0 radical (unpaired) electrons. The molecule has 8 heteroatoms. The molecule has 1 N–H and O–H groups in total. The van der Waals surface area contributed by atoms with Gasteiger partial charge in [-0.2, -0.15) is 4.98 Å². The van der Waals surface area contributed by atoms with Crippen LogP contribution in [0.4, 0.5) is 0 Å². The van der Waals surface area contributed by atoms with E-state index in [0.29, 0.717) is 35.9 Å². The minimum absolute atomic E-state index is 0. The maximum absolute atomic E-state index is 5.56. The van der Waals surface area contributed by atoms with Crippen LogP contribution >= 0.6 is 12.4 Å². The Labute approximate surface area is 147 Å². The molecular weight excluding hydrogens is 334 g/mol. The van der Waals surface area contributed by atoms with E-state index in [9.17, 15) is 0 Å². The number of hydrogen-bond donors (Lipinski definition) is 1. The van der Waals surface area contributed by atoms with Gasteiger partial charge in [0.1, 0.15) is 0 Å². The van der Waals surface area contributed by atoms with E-state index in [0.717, 1.165) is 31.6 Å². The number of nitrogens with one attached hydrogen (secondary N) is 1. The number of nitrogens with zero attached hydrogens (tertiary/aromatic N) is 2. The summed E-state index contributed by atoms with van der Waals surface area (Å²) in [6.45, 7) is 2.19. The molecule has 1 atom stereocenters. The molecule has 1 aromatic carbocycles. The van der Waals surface area contributed by atoms with Crippen molar-refractivity contribution in [3.05, 3.63) is 24.1 Å². The standard InChI is InChI=1S/C16H21N3O4.ClH/c1-20-13-6-5-11(8-14(13)21-2)16-18-15(23-19-16)10-17-9-12-4-3-7-22-12;/h5-6,8,12,17H,3-4,7,9-10H2,1-2H3;1H. The van der Waals surface area contributed by atoms with Gasteiger partial charge in [0, 0.05) is 18.7 Å². The van der Waals surface area contributed by atoms with E-state index in [4.69, 9.17) is 18.7 Å². The lowest BCUT2D eigenvalue weighted by molar-refractivity contribution is 0.109. The highest BCUT2D eigenvalue weighted by Gasteiger charge is 2.16. The third kappa shape index (κ3) is 4.37. The highest BCUT2D eigenvalue weighted by Crippen LogP contribution is 2.31. The number of benzene rings is 1. The molecule has 1 aliphatic heterocycles.